The number of rotatable bonds is 5. The molecule has 1 atom stereocenters. The van der Waals surface area contributed by atoms with Gasteiger partial charge < -0.3 is 10.1 Å². The van der Waals surface area contributed by atoms with Gasteiger partial charge in [-0.2, -0.15) is 11.8 Å². The van der Waals surface area contributed by atoms with E-state index in [0.29, 0.717) is 17.4 Å². The van der Waals surface area contributed by atoms with Gasteiger partial charge in [0, 0.05) is 18.7 Å². The summed E-state index contributed by atoms with van der Waals surface area (Å²) in [6.07, 6.45) is 1.18. The van der Waals surface area contributed by atoms with Gasteiger partial charge >= 0.3 is 0 Å². The zero-order valence-electron chi connectivity index (χ0n) is 10.2. The van der Waals surface area contributed by atoms with E-state index in [0.717, 1.165) is 12.3 Å². The highest BCUT2D eigenvalue weighted by Crippen LogP contribution is 2.30. The number of nitro benzene ring substituents is 1. The Bertz CT molecular complexity index is 433. The van der Waals surface area contributed by atoms with Crippen LogP contribution in [0.25, 0.3) is 0 Å². The standard InChI is InChI=1S/C12H16N2O3S/c1-17-10-2-3-12(14(15)16)11(6-10)13-7-9-4-5-18-8-9/h2-3,6,9,13H,4-5,7-8H2,1H3. The number of hydrogen-bond acceptors (Lipinski definition) is 5. The third-order valence-corrected chi connectivity index (χ3v) is 4.24. The van der Waals surface area contributed by atoms with Gasteiger partial charge in [0.1, 0.15) is 11.4 Å². The van der Waals surface area contributed by atoms with Crippen LogP contribution in [0, 0.1) is 16.0 Å². The molecule has 0 saturated carbocycles. The Morgan fingerprint density at radius 3 is 3.06 bits per heavy atom. The number of hydrogen-bond donors (Lipinski definition) is 1. The molecular weight excluding hydrogens is 252 g/mol. The molecule has 1 heterocycles. The lowest BCUT2D eigenvalue weighted by Crippen LogP contribution is -2.14. The summed E-state index contributed by atoms with van der Waals surface area (Å²) in [6, 6.07) is 4.76. The van der Waals surface area contributed by atoms with Crippen LogP contribution in [0.3, 0.4) is 0 Å². The lowest BCUT2D eigenvalue weighted by atomic mass is 10.1. The van der Waals surface area contributed by atoms with Crippen LogP contribution >= 0.6 is 11.8 Å². The predicted molar refractivity (Wildman–Crippen MR) is 73.6 cm³/mol. The third kappa shape index (κ3) is 3.07. The van der Waals surface area contributed by atoms with Crippen LogP contribution in [0.5, 0.6) is 5.75 Å². The van der Waals surface area contributed by atoms with Gasteiger partial charge in [0.2, 0.25) is 0 Å². The quantitative estimate of drug-likeness (QED) is 0.657. The van der Waals surface area contributed by atoms with Crippen molar-refractivity contribution in [2.24, 2.45) is 5.92 Å². The van der Waals surface area contributed by atoms with Crippen molar-refractivity contribution in [1.82, 2.24) is 0 Å². The molecule has 98 valence electrons. The molecule has 18 heavy (non-hydrogen) atoms. The molecule has 1 N–H and O–H groups in total. The molecule has 0 aliphatic carbocycles. The normalized spacial score (nSPS) is 18.6. The summed E-state index contributed by atoms with van der Waals surface area (Å²) < 4.78 is 5.09. The van der Waals surface area contributed by atoms with Crippen molar-refractivity contribution in [3.8, 4) is 5.75 Å². The molecule has 1 aliphatic heterocycles. The SMILES string of the molecule is COc1ccc([N+](=O)[O-])c(NCC2CCSC2)c1. The van der Waals surface area contributed by atoms with E-state index in [1.54, 1.807) is 19.2 Å². The van der Waals surface area contributed by atoms with Crippen LogP contribution in [0.4, 0.5) is 11.4 Å². The highest BCUT2D eigenvalue weighted by atomic mass is 32.2. The van der Waals surface area contributed by atoms with Gasteiger partial charge in [-0.1, -0.05) is 0 Å². The molecule has 1 aromatic carbocycles. The molecule has 0 bridgehead atoms. The largest absolute Gasteiger partial charge is 0.497 e. The summed E-state index contributed by atoms with van der Waals surface area (Å²) in [7, 11) is 1.55. The zero-order valence-corrected chi connectivity index (χ0v) is 11.0. The van der Waals surface area contributed by atoms with E-state index in [2.05, 4.69) is 5.32 Å². The molecule has 0 spiro atoms. The Morgan fingerprint density at radius 1 is 1.61 bits per heavy atom. The van der Waals surface area contributed by atoms with Crippen LogP contribution in [-0.2, 0) is 0 Å². The lowest BCUT2D eigenvalue weighted by Gasteiger charge is -2.12. The van der Waals surface area contributed by atoms with Crippen LogP contribution in [-0.4, -0.2) is 30.1 Å². The molecule has 1 aliphatic rings. The summed E-state index contributed by atoms with van der Waals surface area (Å²) >= 11 is 1.94. The van der Waals surface area contributed by atoms with Gasteiger partial charge in [-0.05, 0) is 29.9 Å². The van der Waals surface area contributed by atoms with Crippen molar-refractivity contribution in [2.75, 3.05) is 30.5 Å². The number of benzene rings is 1. The minimum Gasteiger partial charge on any atom is -0.497 e. The number of nitrogens with one attached hydrogen (secondary N) is 1. The highest BCUT2D eigenvalue weighted by Gasteiger charge is 2.18. The highest BCUT2D eigenvalue weighted by molar-refractivity contribution is 7.99. The maximum Gasteiger partial charge on any atom is 0.292 e. The molecule has 2 rings (SSSR count). The van der Waals surface area contributed by atoms with Crippen molar-refractivity contribution >= 4 is 23.1 Å². The maximum absolute atomic E-state index is 10.9. The van der Waals surface area contributed by atoms with Crippen LogP contribution in [0.15, 0.2) is 18.2 Å². The van der Waals surface area contributed by atoms with Gasteiger partial charge in [-0.25, -0.2) is 0 Å². The summed E-state index contributed by atoms with van der Waals surface area (Å²) in [5.41, 5.74) is 0.637. The van der Waals surface area contributed by atoms with E-state index in [1.807, 2.05) is 11.8 Å². The summed E-state index contributed by atoms with van der Waals surface area (Å²) in [5.74, 6) is 3.54. The van der Waals surface area contributed by atoms with Crippen LogP contribution < -0.4 is 10.1 Å². The van der Waals surface area contributed by atoms with E-state index in [1.165, 1.54) is 18.2 Å². The molecule has 1 saturated heterocycles. The summed E-state index contributed by atoms with van der Waals surface area (Å²) in [4.78, 5) is 10.6. The number of ether oxygens (including phenoxy) is 1. The summed E-state index contributed by atoms with van der Waals surface area (Å²) in [5, 5.41) is 14.1. The minimum absolute atomic E-state index is 0.0986. The smallest absolute Gasteiger partial charge is 0.292 e. The van der Waals surface area contributed by atoms with Crippen molar-refractivity contribution < 1.29 is 9.66 Å². The first kappa shape index (κ1) is 13.0. The van der Waals surface area contributed by atoms with E-state index < -0.39 is 0 Å². The van der Waals surface area contributed by atoms with Crippen LogP contribution in [0.1, 0.15) is 6.42 Å². The number of methoxy groups -OCH3 is 1. The second-order valence-corrected chi connectivity index (χ2v) is 5.40. The fourth-order valence-electron chi connectivity index (χ4n) is 1.94. The Labute approximate surface area is 110 Å². The topological polar surface area (TPSA) is 64.4 Å². The predicted octanol–water partition coefficient (Wildman–Crippen LogP) is 2.77. The molecule has 6 heteroatoms. The third-order valence-electron chi connectivity index (χ3n) is 3.01. The van der Waals surface area contributed by atoms with Gasteiger partial charge in [0.15, 0.2) is 0 Å². The van der Waals surface area contributed by atoms with E-state index >= 15 is 0 Å². The van der Waals surface area contributed by atoms with Gasteiger partial charge in [-0.3, -0.25) is 10.1 Å². The van der Waals surface area contributed by atoms with Crippen molar-refractivity contribution in [1.29, 1.82) is 0 Å². The Hall–Kier alpha value is -1.43. The minimum atomic E-state index is -0.370. The second-order valence-electron chi connectivity index (χ2n) is 4.25. The van der Waals surface area contributed by atoms with Gasteiger partial charge in [-0.15, -0.1) is 0 Å². The number of nitro groups is 1. The molecule has 0 radical (unpaired) electrons. The van der Waals surface area contributed by atoms with Crippen LogP contribution in [0.2, 0.25) is 0 Å². The number of anilines is 1. The lowest BCUT2D eigenvalue weighted by molar-refractivity contribution is -0.384. The Morgan fingerprint density at radius 2 is 2.44 bits per heavy atom. The molecular formula is C12H16N2O3S. The first-order chi connectivity index (χ1) is 8.70. The van der Waals surface area contributed by atoms with Crippen molar-refractivity contribution in [2.45, 2.75) is 6.42 Å². The monoisotopic (exact) mass is 268 g/mol. The van der Waals surface area contributed by atoms with Crippen molar-refractivity contribution in [3.05, 3.63) is 28.3 Å². The van der Waals surface area contributed by atoms with E-state index in [-0.39, 0.29) is 10.6 Å². The fourth-order valence-corrected chi connectivity index (χ4v) is 3.23. The number of thioether (sulfide) groups is 1. The van der Waals surface area contributed by atoms with E-state index in [9.17, 15) is 10.1 Å². The van der Waals surface area contributed by atoms with Gasteiger partial charge in [0.25, 0.3) is 5.69 Å². The number of nitrogens with zero attached hydrogens (tertiary/aromatic N) is 1. The fraction of sp³-hybridized carbons (Fsp3) is 0.500. The average molecular weight is 268 g/mol. The van der Waals surface area contributed by atoms with Gasteiger partial charge in [0.05, 0.1) is 12.0 Å². The first-order valence-electron chi connectivity index (χ1n) is 5.84. The molecule has 1 unspecified atom stereocenters. The molecule has 1 fully saturated rings. The van der Waals surface area contributed by atoms with E-state index in [4.69, 9.17) is 4.74 Å². The second kappa shape index (κ2) is 5.95. The molecule has 5 nitrogen and oxygen atoms in total. The molecule has 1 aromatic rings. The Kier molecular flexibility index (Phi) is 4.30. The summed E-state index contributed by atoms with van der Waals surface area (Å²) in [6.45, 7) is 0.779. The zero-order chi connectivity index (χ0) is 13.0. The molecule has 0 aromatic heterocycles. The first-order valence-corrected chi connectivity index (χ1v) is 7.00. The van der Waals surface area contributed by atoms with Crippen molar-refractivity contribution in [3.63, 3.8) is 0 Å². The average Bonchev–Trinajstić information content (AvgIpc) is 2.88. The molecule has 0 amide bonds. The Balaban J connectivity index is 2.10. The maximum atomic E-state index is 10.9.